The number of hydrogen-bond acceptors (Lipinski definition) is 5. The number of fused-ring (bicyclic) bond motifs is 1. The molecule has 0 saturated heterocycles. The van der Waals surface area contributed by atoms with E-state index in [1.165, 1.54) is 5.57 Å². The Labute approximate surface area is 191 Å². The number of benzene rings is 1. The molecule has 0 fully saturated rings. The van der Waals surface area contributed by atoms with Crippen LogP contribution in [0.25, 0.3) is 50.2 Å². The Morgan fingerprint density at radius 1 is 0.848 bits per heavy atom. The van der Waals surface area contributed by atoms with E-state index < -0.39 is 0 Å². The van der Waals surface area contributed by atoms with Crippen molar-refractivity contribution >= 4 is 16.5 Å². The molecule has 160 valence electrons. The number of aryl methyl sites for hydroxylation is 1. The van der Waals surface area contributed by atoms with E-state index in [4.69, 9.17) is 4.98 Å². The summed E-state index contributed by atoms with van der Waals surface area (Å²) in [4.78, 5) is 21.7. The van der Waals surface area contributed by atoms with Gasteiger partial charge in [0, 0.05) is 59.5 Å². The number of hydrogen-bond donors (Lipinski definition) is 2. The van der Waals surface area contributed by atoms with Crippen LogP contribution in [0.4, 0.5) is 0 Å². The molecule has 0 atom stereocenters. The van der Waals surface area contributed by atoms with Crippen molar-refractivity contribution in [2.24, 2.45) is 0 Å². The molecule has 6 heteroatoms. The third kappa shape index (κ3) is 3.70. The summed E-state index contributed by atoms with van der Waals surface area (Å²) in [6.45, 7) is 3.78. The number of H-pyrrole nitrogens is 1. The molecule has 1 aliphatic heterocycles. The van der Waals surface area contributed by atoms with Crippen molar-refractivity contribution < 1.29 is 0 Å². The fraction of sp³-hybridized carbons (Fsp3) is 0.111. The van der Waals surface area contributed by atoms with Crippen molar-refractivity contribution in [3.8, 4) is 33.8 Å². The number of aromatic nitrogens is 5. The lowest BCUT2D eigenvalue weighted by molar-refractivity contribution is 0.897. The fourth-order valence-corrected chi connectivity index (χ4v) is 4.30. The van der Waals surface area contributed by atoms with Gasteiger partial charge in [-0.25, -0.2) is 4.98 Å². The highest BCUT2D eigenvalue weighted by molar-refractivity contribution is 5.89. The molecule has 0 radical (unpaired) electrons. The van der Waals surface area contributed by atoms with Crippen molar-refractivity contribution in [2.75, 3.05) is 13.1 Å². The zero-order chi connectivity index (χ0) is 22.2. The molecule has 0 amide bonds. The fourth-order valence-electron chi connectivity index (χ4n) is 4.30. The number of aromatic amines is 1. The van der Waals surface area contributed by atoms with Crippen molar-refractivity contribution in [1.82, 2.24) is 30.2 Å². The van der Waals surface area contributed by atoms with E-state index in [0.717, 1.165) is 69.0 Å². The Kier molecular flexibility index (Phi) is 4.78. The van der Waals surface area contributed by atoms with Gasteiger partial charge in [0.1, 0.15) is 0 Å². The number of rotatable bonds is 4. The largest absolute Gasteiger partial charge is 0.343 e. The maximum atomic E-state index is 4.70. The Morgan fingerprint density at radius 2 is 1.73 bits per heavy atom. The summed E-state index contributed by atoms with van der Waals surface area (Å²) in [5.41, 5.74) is 10.2. The molecule has 0 unspecified atom stereocenters. The van der Waals surface area contributed by atoms with Crippen LogP contribution in [-0.4, -0.2) is 38.0 Å². The quantitative estimate of drug-likeness (QED) is 0.417. The van der Waals surface area contributed by atoms with Crippen LogP contribution in [0.3, 0.4) is 0 Å². The van der Waals surface area contributed by atoms with Crippen molar-refractivity contribution in [2.45, 2.75) is 6.92 Å². The van der Waals surface area contributed by atoms with Gasteiger partial charge in [-0.3, -0.25) is 15.0 Å². The molecular formula is C27H22N6. The van der Waals surface area contributed by atoms with Crippen molar-refractivity contribution in [1.29, 1.82) is 0 Å². The smallest absolute Gasteiger partial charge is 0.0977 e. The van der Waals surface area contributed by atoms with Gasteiger partial charge in [-0.15, -0.1) is 0 Å². The van der Waals surface area contributed by atoms with Crippen LogP contribution in [0, 0.1) is 6.92 Å². The van der Waals surface area contributed by atoms with Gasteiger partial charge in [-0.05, 0) is 54.5 Å². The summed E-state index contributed by atoms with van der Waals surface area (Å²) in [5, 5.41) is 4.41. The van der Waals surface area contributed by atoms with Crippen LogP contribution in [-0.2, 0) is 0 Å². The van der Waals surface area contributed by atoms with Gasteiger partial charge in [0.25, 0.3) is 0 Å². The van der Waals surface area contributed by atoms with E-state index in [1.807, 2.05) is 49.8 Å². The molecule has 6 nitrogen and oxygen atoms in total. The minimum absolute atomic E-state index is 0.879. The second-order valence-electron chi connectivity index (χ2n) is 8.24. The molecule has 5 heterocycles. The normalized spacial score (nSPS) is 13.4. The lowest BCUT2D eigenvalue weighted by Gasteiger charge is -2.08. The summed E-state index contributed by atoms with van der Waals surface area (Å²) in [6.07, 6.45) is 9.68. The molecule has 0 saturated carbocycles. The van der Waals surface area contributed by atoms with E-state index in [-0.39, 0.29) is 0 Å². The highest BCUT2D eigenvalue weighted by Crippen LogP contribution is 2.31. The van der Waals surface area contributed by atoms with Gasteiger partial charge in [-0.2, -0.15) is 0 Å². The SMILES string of the molecule is Cc1cccc(-c2[nH]cnc2-c2ccc3ncc(-c4cncc(C5=CCNC5)c4)cc3c2)n1. The highest BCUT2D eigenvalue weighted by Gasteiger charge is 2.13. The van der Waals surface area contributed by atoms with Crippen LogP contribution in [0.2, 0.25) is 0 Å². The first-order valence-corrected chi connectivity index (χ1v) is 11.0. The molecular weight excluding hydrogens is 408 g/mol. The first kappa shape index (κ1) is 19.5. The summed E-state index contributed by atoms with van der Waals surface area (Å²) in [5.74, 6) is 0. The van der Waals surface area contributed by atoms with Gasteiger partial charge in [0.2, 0.25) is 0 Å². The Hall–Kier alpha value is -4.16. The summed E-state index contributed by atoms with van der Waals surface area (Å²) in [7, 11) is 0. The van der Waals surface area contributed by atoms with Gasteiger partial charge < -0.3 is 10.3 Å². The average Bonchev–Trinajstić information content (AvgIpc) is 3.56. The van der Waals surface area contributed by atoms with Gasteiger partial charge >= 0.3 is 0 Å². The molecule has 2 N–H and O–H groups in total. The number of imidazole rings is 1. The first-order valence-electron chi connectivity index (χ1n) is 11.0. The third-order valence-electron chi connectivity index (χ3n) is 5.99. The number of nitrogens with one attached hydrogen (secondary N) is 2. The minimum atomic E-state index is 0.879. The molecule has 5 aromatic rings. The predicted molar refractivity (Wildman–Crippen MR) is 131 cm³/mol. The lowest BCUT2D eigenvalue weighted by atomic mass is 10.0. The first-order chi connectivity index (χ1) is 16.2. The molecule has 6 rings (SSSR count). The number of pyridine rings is 3. The van der Waals surface area contributed by atoms with E-state index in [0.29, 0.717) is 0 Å². The molecule has 33 heavy (non-hydrogen) atoms. The Bertz CT molecular complexity index is 1510. The molecule has 1 aliphatic rings. The van der Waals surface area contributed by atoms with E-state index in [9.17, 15) is 0 Å². The molecule has 4 aromatic heterocycles. The molecule has 1 aromatic carbocycles. The van der Waals surface area contributed by atoms with Crippen LogP contribution < -0.4 is 5.32 Å². The second-order valence-corrected chi connectivity index (χ2v) is 8.24. The molecule has 0 aliphatic carbocycles. The van der Waals surface area contributed by atoms with Crippen LogP contribution in [0.5, 0.6) is 0 Å². The zero-order valence-electron chi connectivity index (χ0n) is 18.2. The summed E-state index contributed by atoms with van der Waals surface area (Å²) >= 11 is 0. The topological polar surface area (TPSA) is 79.4 Å². The van der Waals surface area contributed by atoms with Gasteiger partial charge in [0.15, 0.2) is 0 Å². The minimum Gasteiger partial charge on any atom is -0.343 e. The van der Waals surface area contributed by atoms with Gasteiger partial charge in [0.05, 0.1) is 28.9 Å². The number of nitrogens with zero attached hydrogens (tertiary/aromatic N) is 4. The lowest BCUT2D eigenvalue weighted by Crippen LogP contribution is -2.07. The van der Waals surface area contributed by atoms with Crippen LogP contribution in [0.15, 0.2) is 79.5 Å². The Balaban J connectivity index is 1.41. The maximum absolute atomic E-state index is 4.70. The third-order valence-corrected chi connectivity index (χ3v) is 5.99. The standard InChI is InChI=1S/C27H22N6/c1-17-3-2-4-25(33-17)27-26(31-16-32-27)18-5-6-24-20(9-18)10-23(15-30-24)22-11-21(13-29-14-22)19-7-8-28-12-19/h2-7,9-11,13-16,28H,8,12H2,1H3,(H,31,32). The van der Waals surface area contributed by atoms with E-state index in [1.54, 1.807) is 6.33 Å². The maximum Gasteiger partial charge on any atom is 0.0977 e. The average molecular weight is 431 g/mol. The van der Waals surface area contributed by atoms with Gasteiger partial charge in [-0.1, -0.05) is 18.2 Å². The monoisotopic (exact) mass is 430 g/mol. The second kappa shape index (κ2) is 8.07. The predicted octanol–water partition coefficient (Wildman–Crippen LogP) is 5.04. The Morgan fingerprint density at radius 3 is 2.61 bits per heavy atom. The summed E-state index contributed by atoms with van der Waals surface area (Å²) in [6, 6.07) is 16.6. The van der Waals surface area contributed by atoms with E-state index >= 15 is 0 Å². The highest BCUT2D eigenvalue weighted by atomic mass is 14.9. The van der Waals surface area contributed by atoms with Crippen LogP contribution in [0.1, 0.15) is 11.3 Å². The van der Waals surface area contributed by atoms with Crippen LogP contribution >= 0.6 is 0 Å². The van der Waals surface area contributed by atoms with E-state index in [2.05, 4.69) is 55.6 Å². The zero-order valence-corrected chi connectivity index (χ0v) is 18.2. The summed E-state index contributed by atoms with van der Waals surface area (Å²) < 4.78 is 0. The van der Waals surface area contributed by atoms with Crippen molar-refractivity contribution in [3.63, 3.8) is 0 Å². The van der Waals surface area contributed by atoms with Crippen molar-refractivity contribution in [3.05, 3.63) is 90.8 Å². The molecule has 0 spiro atoms. The molecule has 0 bridgehead atoms.